The summed E-state index contributed by atoms with van der Waals surface area (Å²) in [5.74, 6) is -2.10. The number of carbonyl (C=O) groups is 3. The molecule has 2 amide bonds. The number of aromatic carboxylic acids is 1. The number of amides is 2. The Morgan fingerprint density at radius 2 is 1.56 bits per heavy atom. The van der Waals surface area contributed by atoms with Crippen molar-refractivity contribution in [3.05, 3.63) is 71.3 Å². The number of benzene rings is 2. The molecule has 1 unspecified atom stereocenters. The molecule has 0 saturated heterocycles. The molecule has 164 valence electrons. The van der Waals surface area contributed by atoms with E-state index in [0.717, 1.165) is 30.4 Å². The predicted octanol–water partition coefficient (Wildman–Crippen LogP) is -1.98. The van der Waals surface area contributed by atoms with Gasteiger partial charge in [0.25, 0.3) is 0 Å². The molecule has 2 aromatic carbocycles. The van der Waals surface area contributed by atoms with Crippen LogP contribution in [0, 0.1) is 0 Å². The minimum Gasteiger partial charge on any atom is -1.00 e. The van der Waals surface area contributed by atoms with Crippen LogP contribution in [0.15, 0.2) is 54.6 Å². The molecule has 0 aliphatic rings. The van der Waals surface area contributed by atoms with E-state index in [1.165, 1.54) is 12.1 Å². The normalized spacial score (nSPS) is 10.8. The molecule has 0 aromatic heterocycles. The zero-order valence-corrected chi connectivity index (χ0v) is 23.1. The zero-order valence-electron chi connectivity index (χ0n) is 21.1. The number of hydrogen-bond donors (Lipinski definition) is 3. The van der Waals surface area contributed by atoms with Crippen LogP contribution in [-0.4, -0.2) is 45.7 Å². The van der Waals surface area contributed by atoms with Crippen LogP contribution in [0.5, 0.6) is 0 Å². The molecular formula is C23H30N2Na2O5. The Kier molecular flexibility index (Phi) is 15.6. The van der Waals surface area contributed by atoms with Crippen LogP contribution < -0.4 is 64.4 Å². The molecule has 32 heavy (non-hydrogen) atoms. The molecule has 0 spiro atoms. The van der Waals surface area contributed by atoms with E-state index in [-0.39, 0.29) is 80.5 Å². The number of rotatable bonds is 11. The Morgan fingerprint density at radius 3 is 2.09 bits per heavy atom. The molecule has 0 radical (unpaired) electrons. The number of hydrogen-bond acceptors (Lipinski definition) is 3. The van der Waals surface area contributed by atoms with Gasteiger partial charge in [-0.25, -0.2) is 14.4 Å². The van der Waals surface area contributed by atoms with Gasteiger partial charge in [0.15, 0.2) is 0 Å². The number of nitrogens with one attached hydrogen (secondary N) is 1. The van der Waals surface area contributed by atoms with Gasteiger partial charge >= 0.3 is 77.1 Å². The second kappa shape index (κ2) is 16.3. The van der Waals surface area contributed by atoms with E-state index in [1.54, 1.807) is 17.0 Å². The van der Waals surface area contributed by atoms with Crippen molar-refractivity contribution < 1.29 is 86.6 Å². The molecule has 2 rings (SSSR count). The fraction of sp³-hybridized carbons (Fsp3) is 0.348. The topological polar surface area (TPSA) is 107 Å². The van der Waals surface area contributed by atoms with Gasteiger partial charge < -0.3 is 23.3 Å². The van der Waals surface area contributed by atoms with Gasteiger partial charge in [0.05, 0.1) is 5.56 Å². The Bertz CT molecular complexity index is 858. The fourth-order valence-corrected chi connectivity index (χ4v) is 3.07. The monoisotopic (exact) mass is 460 g/mol. The third kappa shape index (κ3) is 10.5. The molecule has 2 aromatic rings. The molecule has 0 fully saturated rings. The standard InChI is InChI=1S/C23H28N2O5.2Na.2H/c1-2-3-7-14-25(16-18-10-12-19(13-11-18)21(26)27)23(30)24-20(22(28)29)15-17-8-5-4-6-9-17;;;;/h4-6,8-13,20H,2-3,7,14-16H2,1H3,(H,24,30)(H,26,27)(H,28,29);;;;/q;2*+1;2*-1. The minimum absolute atomic E-state index is 0. The zero-order chi connectivity index (χ0) is 21.9. The summed E-state index contributed by atoms with van der Waals surface area (Å²) in [5.41, 5.74) is 1.78. The van der Waals surface area contributed by atoms with Gasteiger partial charge in [-0.05, 0) is 29.7 Å². The summed E-state index contributed by atoms with van der Waals surface area (Å²) in [6.45, 7) is 2.82. The van der Waals surface area contributed by atoms with Crippen LogP contribution in [0.25, 0.3) is 0 Å². The first kappa shape index (κ1) is 30.7. The summed E-state index contributed by atoms with van der Waals surface area (Å²) in [7, 11) is 0. The first-order valence-corrected chi connectivity index (χ1v) is 10.0. The number of carboxylic acids is 2. The summed E-state index contributed by atoms with van der Waals surface area (Å²) < 4.78 is 0. The molecule has 0 bridgehead atoms. The fourth-order valence-electron chi connectivity index (χ4n) is 3.07. The van der Waals surface area contributed by atoms with Gasteiger partial charge in [0.1, 0.15) is 6.04 Å². The van der Waals surface area contributed by atoms with Crippen molar-refractivity contribution >= 4 is 18.0 Å². The first-order valence-electron chi connectivity index (χ1n) is 10.0. The maximum Gasteiger partial charge on any atom is 1.00 e. The average Bonchev–Trinajstić information content (AvgIpc) is 2.73. The van der Waals surface area contributed by atoms with E-state index < -0.39 is 24.0 Å². The summed E-state index contributed by atoms with van der Waals surface area (Å²) in [4.78, 5) is 37.2. The van der Waals surface area contributed by atoms with E-state index in [2.05, 4.69) is 12.2 Å². The van der Waals surface area contributed by atoms with Crippen molar-refractivity contribution in [2.75, 3.05) is 6.54 Å². The summed E-state index contributed by atoms with van der Waals surface area (Å²) in [6.07, 6.45) is 2.94. The SMILES string of the molecule is CCCCCN(Cc1ccc(C(=O)O)cc1)C(=O)NC(Cc1ccccc1)C(=O)O.[H-].[H-].[Na+].[Na+]. The molecule has 0 aliphatic carbocycles. The molecular weight excluding hydrogens is 430 g/mol. The third-order valence-electron chi connectivity index (χ3n) is 4.77. The molecule has 0 heterocycles. The van der Waals surface area contributed by atoms with Crippen LogP contribution in [-0.2, 0) is 17.8 Å². The number of carbonyl (C=O) groups excluding carboxylic acids is 1. The summed E-state index contributed by atoms with van der Waals surface area (Å²) in [6, 6.07) is 14.0. The maximum atomic E-state index is 12.9. The molecule has 3 N–H and O–H groups in total. The predicted molar refractivity (Wildman–Crippen MR) is 116 cm³/mol. The Hall–Kier alpha value is -1.35. The Morgan fingerprint density at radius 1 is 0.938 bits per heavy atom. The van der Waals surface area contributed by atoms with Gasteiger partial charge in [-0.3, -0.25) is 0 Å². The second-order valence-corrected chi connectivity index (χ2v) is 7.16. The number of carboxylic acid groups (broad SMARTS) is 2. The molecule has 7 nitrogen and oxygen atoms in total. The van der Waals surface area contributed by atoms with Crippen molar-refractivity contribution in [2.24, 2.45) is 0 Å². The van der Waals surface area contributed by atoms with Crippen LogP contribution in [0.3, 0.4) is 0 Å². The van der Waals surface area contributed by atoms with E-state index in [4.69, 9.17) is 5.11 Å². The minimum atomic E-state index is -1.09. The van der Waals surface area contributed by atoms with Gasteiger partial charge in [0.2, 0.25) is 0 Å². The van der Waals surface area contributed by atoms with E-state index in [1.807, 2.05) is 30.3 Å². The molecule has 1 atom stereocenters. The van der Waals surface area contributed by atoms with E-state index >= 15 is 0 Å². The molecule has 0 saturated carbocycles. The first-order chi connectivity index (χ1) is 14.4. The third-order valence-corrected chi connectivity index (χ3v) is 4.77. The maximum absolute atomic E-state index is 12.9. The van der Waals surface area contributed by atoms with Gasteiger partial charge in [0, 0.05) is 19.5 Å². The van der Waals surface area contributed by atoms with Crippen molar-refractivity contribution in [2.45, 2.75) is 45.2 Å². The molecule has 9 heteroatoms. The summed E-state index contributed by atoms with van der Waals surface area (Å²) in [5, 5.41) is 21.2. The Balaban J connectivity index is -0.00000240. The number of nitrogens with zero attached hydrogens (tertiary/aromatic N) is 1. The van der Waals surface area contributed by atoms with Crippen LogP contribution >= 0.6 is 0 Å². The van der Waals surface area contributed by atoms with Crippen molar-refractivity contribution in [1.82, 2.24) is 10.2 Å². The van der Waals surface area contributed by atoms with E-state index in [9.17, 15) is 19.5 Å². The number of urea groups is 1. The number of aliphatic carboxylic acids is 1. The Labute approximate surface area is 236 Å². The van der Waals surface area contributed by atoms with E-state index in [0.29, 0.717) is 6.54 Å². The van der Waals surface area contributed by atoms with Crippen LogP contribution in [0.1, 0.15) is 50.5 Å². The average molecular weight is 460 g/mol. The van der Waals surface area contributed by atoms with Crippen molar-refractivity contribution in [3.8, 4) is 0 Å². The van der Waals surface area contributed by atoms with Crippen LogP contribution in [0.4, 0.5) is 4.79 Å². The second-order valence-electron chi connectivity index (χ2n) is 7.16. The summed E-state index contributed by atoms with van der Waals surface area (Å²) >= 11 is 0. The van der Waals surface area contributed by atoms with Crippen molar-refractivity contribution in [1.29, 1.82) is 0 Å². The molecule has 0 aliphatic heterocycles. The van der Waals surface area contributed by atoms with Gasteiger partial charge in [-0.1, -0.05) is 62.2 Å². The number of unbranched alkanes of at least 4 members (excludes halogenated alkanes) is 2. The smallest absolute Gasteiger partial charge is 1.00 e. The quantitative estimate of drug-likeness (QED) is 0.266. The van der Waals surface area contributed by atoms with Gasteiger partial charge in [-0.2, -0.15) is 0 Å². The van der Waals surface area contributed by atoms with Crippen molar-refractivity contribution in [3.63, 3.8) is 0 Å². The largest absolute Gasteiger partial charge is 1.00 e. The van der Waals surface area contributed by atoms with Gasteiger partial charge in [-0.15, -0.1) is 0 Å². The van der Waals surface area contributed by atoms with Crippen LogP contribution in [0.2, 0.25) is 0 Å².